The molecule has 0 spiro atoms. The zero-order chi connectivity index (χ0) is 14.5. The summed E-state index contributed by atoms with van der Waals surface area (Å²) in [6, 6.07) is 11.0. The Labute approximate surface area is 119 Å². The first-order chi connectivity index (χ1) is 9.69. The standard InChI is InChI=1S/C17H20O3/c1-2-13-14(9-6-10-18)17(16(20)11-15(13)19)12-7-4-3-5-8-12/h3-5,7-8,11,18-20H,2,6,9-10H2,1H3. The van der Waals surface area contributed by atoms with E-state index in [9.17, 15) is 10.2 Å². The third-order valence-corrected chi connectivity index (χ3v) is 3.51. The Morgan fingerprint density at radius 3 is 2.25 bits per heavy atom. The molecular formula is C17H20O3. The molecule has 106 valence electrons. The van der Waals surface area contributed by atoms with Gasteiger partial charge < -0.3 is 15.3 Å². The zero-order valence-electron chi connectivity index (χ0n) is 11.6. The molecule has 3 N–H and O–H groups in total. The van der Waals surface area contributed by atoms with Gasteiger partial charge in [-0.3, -0.25) is 0 Å². The fourth-order valence-electron chi connectivity index (χ4n) is 2.60. The van der Waals surface area contributed by atoms with Crippen molar-refractivity contribution < 1.29 is 15.3 Å². The lowest BCUT2D eigenvalue weighted by Crippen LogP contribution is -2.00. The highest BCUT2D eigenvalue weighted by Gasteiger charge is 2.17. The molecule has 0 radical (unpaired) electrons. The minimum Gasteiger partial charge on any atom is -0.508 e. The van der Waals surface area contributed by atoms with Gasteiger partial charge in [0.15, 0.2) is 0 Å². The predicted octanol–water partition coefficient (Wildman–Crippen LogP) is 3.25. The molecule has 0 heterocycles. The van der Waals surface area contributed by atoms with Gasteiger partial charge in [0.25, 0.3) is 0 Å². The zero-order valence-corrected chi connectivity index (χ0v) is 11.6. The third-order valence-electron chi connectivity index (χ3n) is 3.51. The number of phenolic OH excluding ortho intramolecular Hbond substituents is 2. The minimum absolute atomic E-state index is 0.0823. The molecule has 20 heavy (non-hydrogen) atoms. The average molecular weight is 272 g/mol. The molecule has 2 rings (SSSR count). The van der Waals surface area contributed by atoms with E-state index < -0.39 is 0 Å². The summed E-state index contributed by atoms with van der Waals surface area (Å²) in [4.78, 5) is 0. The molecule has 2 aromatic rings. The monoisotopic (exact) mass is 272 g/mol. The normalized spacial score (nSPS) is 10.7. The number of phenols is 2. The van der Waals surface area contributed by atoms with Crippen molar-refractivity contribution in [1.29, 1.82) is 0 Å². The van der Waals surface area contributed by atoms with Crippen LogP contribution < -0.4 is 0 Å². The summed E-state index contributed by atoms with van der Waals surface area (Å²) >= 11 is 0. The maximum Gasteiger partial charge on any atom is 0.127 e. The van der Waals surface area contributed by atoms with Crippen LogP contribution in [0.5, 0.6) is 11.5 Å². The van der Waals surface area contributed by atoms with E-state index in [0.717, 1.165) is 22.3 Å². The van der Waals surface area contributed by atoms with E-state index in [1.54, 1.807) is 0 Å². The molecule has 0 amide bonds. The van der Waals surface area contributed by atoms with Gasteiger partial charge >= 0.3 is 0 Å². The van der Waals surface area contributed by atoms with E-state index in [2.05, 4.69) is 0 Å². The van der Waals surface area contributed by atoms with Gasteiger partial charge in [0.2, 0.25) is 0 Å². The Balaban J connectivity index is 2.64. The Kier molecular flexibility index (Phi) is 4.64. The van der Waals surface area contributed by atoms with E-state index in [-0.39, 0.29) is 18.1 Å². The number of hydrogen-bond donors (Lipinski definition) is 3. The van der Waals surface area contributed by atoms with Crippen LogP contribution in [0, 0.1) is 0 Å². The number of rotatable bonds is 5. The molecule has 0 bridgehead atoms. The van der Waals surface area contributed by atoms with Crippen LogP contribution in [0.4, 0.5) is 0 Å². The van der Waals surface area contributed by atoms with Crippen molar-refractivity contribution in [2.24, 2.45) is 0 Å². The van der Waals surface area contributed by atoms with Crippen molar-refractivity contribution in [2.75, 3.05) is 6.61 Å². The summed E-state index contributed by atoms with van der Waals surface area (Å²) in [6.07, 6.45) is 1.92. The Hall–Kier alpha value is -2.00. The predicted molar refractivity (Wildman–Crippen MR) is 80.0 cm³/mol. The van der Waals surface area contributed by atoms with Gasteiger partial charge in [-0.1, -0.05) is 37.3 Å². The van der Waals surface area contributed by atoms with E-state index in [4.69, 9.17) is 5.11 Å². The first-order valence-electron chi connectivity index (χ1n) is 6.92. The highest BCUT2D eigenvalue weighted by Crippen LogP contribution is 2.40. The fraction of sp³-hybridized carbons (Fsp3) is 0.294. The van der Waals surface area contributed by atoms with Gasteiger partial charge in [0, 0.05) is 18.2 Å². The van der Waals surface area contributed by atoms with Gasteiger partial charge in [0.1, 0.15) is 11.5 Å². The Morgan fingerprint density at radius 1 is 0.950 bits per heavy atom. The number of aromatic hydroxyl groups is 2. The maximum absolute atomic E-state index is 10.2. The van der Waals surface area contributed by atoms with Crippen LogP contribution in [0.3, 0.4) is 0 Å². The molecule has 0 aliphatic rings. The second-order valence-electron chi connectivity index (χ2n) is 4.79. The molecule has 0 unspecified atom stereocenters. The summed E-state index contributed by atoms with van der Waals surface area (Å²) in [6.45, 7) is 2.07. The van der Waals surface area contributed by atoms with Crippen molar-refractivity contribution in [3.8, 4) is 22.6 Å². The van der Waals surface area contributed by atoms with E-state index in [0.29, 0.717) is 19.3 Å². The number of hydrogen-bond acceptors (Lipinski definition) is 3. The first kappa shape index (κ1) is 14.4. The molecule has 0 fully saturated rings. The Morgan fingerprint density at radius 2 is 1.65 bits per heavy atom. The van der Waals surface area contributed by atoms with Crippen LogP contribution in [-0.2, 0) is 12.8 Å². The molecule has 3 nitrogen and oxygen atoms in total. The molecule has 0 atom stereocenters. The Bertz CT molecular complexity index is 577. The lowest BCUT2D eigenvalue weighted by atomic mass is 9.90. The molecule has 0 aromatic heterocycles. The second kappa shape index (κ2) is 6.44. The lowest BCUT2D eigenvalue weighted by molar-refractivity contribution is 0.288. The quantitative estimate of drug-likeness (QED) is 0.783. The van der Waals surface area contributed by atoms with Crippen molar-refractivity contribution >= 4 is 0 Å². The van der Waals surface area contributed by atoms with Crippen LogP contribution in [0.25, 0.3) is 11.1 Å². The molecule has 2 aromatic carbocycles. The molecule has 0 aliphatic carbocycles. The molecule has 0 saturated carbocycles. The number of aliphatic hydroxyl groups excluding tert-OH is 1. The topological polar surface area (TPSA) is 60.7 Å². The highest BCUT2D eigenvalue weighted by molar-refractivity contribution is 5.76. The first-order valence-corrected chi connectivity index (χ1v) is 6.92. The lowest BCUT2D eigenvalue weighted by Gasteiger charge is -2.17. The van der Waals surface area contributed by atoms with Crippen molar-refractivity contribution in [3.63, 3.8) is 0 Å². The molecular weight excluding hydrogens is 252 g/mol. The van der Waals surface area contributed by atoms with Crippen molar-refractivity contribution in [3.05, 3.63) is 47.5 Å². The minimum atomic E-state index is 0.0823. The summed E-state index contributed by atoms with van der Waals surface area (Å²) in [5.41, 5.74) is 3.45. The van der Waals surface area contributed by atoms with Gasteiger partial charge in [-0.05, 0) is 36.0 Å². The smallest absolute Gasteiger partial charge is 0.127 e. The van der Waals surface area contributed by atoms with Crippen LogP contribution >= 0.6 is 0 Å². The number of aliphatic hydroxyl groups is 1. The van der Waals surface area contributed by atoms with Gasteiger partial charge in [-0.25, -0.2) is 0 Å². The third kappa shape index (κ3) is 2.78. The van der Waals surface area contributed by atoms with Crippen molar-refractivity contribution in [2.45, 2.75) is 26.2 Å². The molecule has 0 saturated heterocycles. The van der Waals surface area contributed by atoms with Gasteiger partial charge in [-0.2, -0.15) is 0 Å². The van der Waals surface area contributed by atoms with E-state index >= 15 is 0 Å². The number of benzene rings is 2. The summed E-state index contributed by atoms with van der Waals surface area (Å²) in [7, 11) is 0. The van der Waals surface area contributed by atoms with Crippen LogP contribution in [0.2, 0.25) is 0 Å². The maximum atomic E-state index is 10.2. The van der Waals surface area contributed by atoms with E-state index in [1.807, 2.05) is 37.3 Å². The second-order valence-corrected chi connectivity index (χ2v) is 4.79. The fourth-order valence-corrected chi connectivity index (χ4v) is 2.60. The van der Waals surface area contributed by atoms with Crippen molar-refractivity contribution in [1.82, 2.24) is 0 Å². The molecule has 3 heteroatoms. The summed E-state index contributed by atoms with van der Waals surface area (Å²) in [5, 5.41) is 29.3. The highest BCUT2D eigenvalue weighted by atomic mass is 16.3. The molecule has 0 aliphatic heterocycles. The van der Waals surface area contributed by atoms with Crippen LogP contribution in [0.15, 0.2) is 36.4 Å². The van der Waals surface area contributed by atoms with Gasteiger partial charge in [-0.15, -0.1) is 0 Å². The van der Waals surface area contributed by atoms with Crippen LogP contribution in [0.1, 0.15) is 24.5 Å². The van der Waals surface area contributed by atoms with E-state index in [1.165, 1.54) is 6.07 Å². The van der Waals surface area contributed by atoms with Crippen LogP contribution in [-0.4, -0.2) is 21.9 Å². The summed E-state index contributed by atoms with van der Waals surface area (Å²) in [5.74, 6) is 0.205. The SMILES string of the molecule is CCc1c(O)cc(O)c(-c2ccccc2)c1CCCO. The average Bonchev–Trinajstić information content (AvgIpc) is 2.45. The summed E-state index contributed by atoms with van der Waals surface area (Å²) < 4.78 is 0. The largest absolute Gasteiger partial charge is 0.508 e. The van der Waals surface area contributed by atoms with Gasteiger partial charge in [0.05, 0.1) is 0 Å².